The van der Waals surface area contributed by atoms with Crippen LogP contribution in [0, 0.1) is 40.9 Å². The zero-order chi connectivity index (χ0) is 33.1. The first-order chi connectivity index (χ1) is 21.2. The molecule has 0 aliphatic heterocycles. The number of hydrogen-bond donors (Lipinski definition) is 0. The van der Waals surface area contributed by atoms with E-state index in [1.165, 1.54) is 29.6 Å². The van der Waals surface area contributed by atoms with Crippen LogP contribution in [0.2, 0.25) is 0 Å². The Morgan fingerprint density at radius 3 is 2.11 bits per heavy atom. The highest BCUT2D eigenvalue weighted by molar-refractivity contribution is 7.15. The zero-order valence-electron chi connectivity index (χ0n) is 28.3. The SMILES string of the molecule is COC(=O)c1sc(C#CC(C)(C)C)cc1N(C(=O)C1CC=C(C)CC1C)C1CCC(CCl)(OC(=O)C2CC=C(C)CC2C)CC1. The highest BCUT2D eigenvalue weighted by Gasteiger charge is 2.45. The molecule has 246 valence electrons. The smallest absolute Gasteiger partial charge is 0.350 e. The van der Waals surface area contributed by atoms with Gasteiger partial charge in [0.25, 0.3) is 0 Å². The standard InChI is InChI=1S/C37H50ClNO5S/c1-23-9-11-29(25(3)19-23)33(40)39(31-21-28(15-16-36(5,6)7)45-32(31)35(42)43-8)27-13-17-37(22-38,18-14-27)44-34(41)30-12-10-24(2)20-26(30)4/h9-10,21,25-27,29-30H,11-14,17-20,22H2,1-8H3. The molecule has 1 aromatic rings. The van der Waals surface area contributed by atoms with Crippen LogP contribution < -0.4 is 4.90 Å². The summed E-state index contributed by atoms with van der Waals surface area (Å²) < 4.78 is 11.5. The van der Waals surface area contributed by atoms with Crippen molar-refractivity contribution in [3.63, 3.8) is 0 Å². The molecule has 1 fully saturated rings. The number of thiophene rings is 1. The maximum Gasteiger partial charge on any atom is 0.350 e. The third-order valence-corrected chi connectivity index (χ3v) is 11.2. The van der Waals surface area contributed by atoms with Crippen LogP contribution in [0.15, 0.2) is 29.4 Å². The average Bonchev–Trinajstić information content (AvgIpc) is 3.40. The molecule has 8 heteroatoms. The van der Waals surface area contributed by atoms with Gasteiger partial charge in [0.15, 0.2) is 0 Å². The van der Waals surface area contributed by atoms with Crippen LogP contribution in [-0.4, -0.2) is 42.5 Å². The predicted octanol–water partition coefficient (Wildman–Crippen LogP) is 8.71. The Morgan fingerprint density at radius 2 is 1.60 bits per heavy atom. The number of ether oxygens (including phenoxy) is 2. The molecule has 0 aromatic carbocycles. The highest BCUT2D eigenvalue weighted by Crippen LogP contribution is 2.43. The Hall–Kier alpha value is -2.56. The van der Waals surface area contributed by atoms with Gasteiger partial charge in [0.05, 0.1) is 29.5 Å². The molecule has 4 atom stereocenters. The lowest BCUT2D eigenvalue weighted by atomic mass is 9.78. The van der Waals surface area contributed by atoms with E-state index < -0.39 is 11.6 Å². The van der Waals surface area contributed by atoms with Gasteiger partial charge in [-0.2, -0.15) is 0 Å². The molecule has 0 spiro atoms. The molecule has 6 nitrogen and oxygen atoms in total. The fourth-order valence-electron chi connectivity index (χ4n) is 6.98. The molecule has 1 heterocycles. The lowest BCUT2D eigenvalue weighted by Crippen LogP contribution is -2.51. The molecule has 0 bridgehead atoms. The van der Waals surface area contributed by atoms with E-state index >= 15 is 0 Å². The molecular formula is C37H50ClNO5S. The molecule has 3 aliphatic carbocycles. The molecule has 0 radical (unpaired) electrons. The maximum atomic E-state index is 14.6. The van der Waals surface area contributed by atoms with Gasteiger partial charge >= 0.3 is 11.9 Å². The summed E-state index contributed by atoms with van der Waals surface area (Å²) >= 11 is 7.82. The number of carbonyl (C=O) groups excluding carboxylic acids is 3. The minimum absolute atomic E-state index is 0.0167. The summed E-state index contributed by atoms with van der Waals surface area (Å²) in [4.78, 5) is 44.1. The number of esters is 2. The molecule has 1 amide bonds. The van der Waals surface area contributed by atoms with Crippen LogP contribution in [0.5, 0.6) is 0 Å². The van der Waals surface area contributed by atoms with Gasteiger partial charge in [-0.1, -0.05) is 49.0 Å². The van der Waals surface area contributed by atoms with E-state index in [2.05, 4.69) is 51.7 Å². The first kappa shape index (κ1) is 35.3. The van der Waals surface area contributed by atoms with Crippen molar-refractivity contribution in [3.05, 3.63) is 39.1 Å². The monoisotopic (exact) mass is 655 g/mol. The zero-order valence-corrected chi connectivity index (χ0v) is 29.8. The van der Waals surface area contributed by atoms with Gasteiger partial charge in [-0.15, -0.1) is 22.9 Å². The molecule has 4 rings (SSSR count). The molecule has 1 saturated carbocycles. The summed E-state index contributed by atoms with van der Waals surface area (Å²) in [5.74, 6) is 6.08. The van der Waals surface area contributed by atoms with Crippen molar-refractivity contribution in [3.8, 4) is 11.8 Å². The van der Waals surface area contributed by atoms with Crippen molar-refractivity contribution >= 4 is 46.5 Å². The van der Waals surface area contributed by atoms with Crippen molar-refractivity contribution in [1.29, 1.82) is 0 Å². The van der Waals surface area contributed by atoms with E-state index in [-0.39, 0.29) is 52.9 Å². The Bertz CT molecular complexity index is 1400. The molecule has 45 heavy (non-hydrogen) atoms. The molecule has 4 unspecified atom stereocenters. The number of alkyl halides is 1. The summed E-state index contributed by atoms with van der Waals surface area (Å²) in [6, 6.07) is 1.69. The van der Waals surface area contributed by atoms with Crippen molar-refractivity contribution in [1.82, 2.24) is 0 Å². The highest BCUT2D eigenvalue weighted by atomic mass is 35.5. The predicted molar refractivity (Wildman–Crippen MR) is 183 cm³/mol. The second kappa shape index (κ2) is 14.5. The van der Waals surface area contributed by atoms with Crippen LogP contribution in [0.3, 0.4) is 0 Å². The Morgan fingerprint density at radius 1 is 1.02 bits per heavy atom. The Labute approximate surface area is 278 Å². The lowest BCUT2D eigenvalue weighted by molar-refractivity contribution is -0.168. The van der Waals surface area contributed by atoms with Gasteiger partial charge < -0.3 is 14.4 Å². The van der Waals surface area contributed by atoms with Crippen LogP contribution >= 0.6 is 22.9 Å². The Balaban J connectivity index is 1.66. The van der Waals surface area contributed by atoms with E-state index in [0.717, 1.165) is 17.7 Å². The number of carbonyl (C=O) groups is 3. The normalized spacial score (nSPS) is 28.6. The van der Waals surface area contributed by atoms with Gasteiger partial charge in [-0.25, -0.2) is 4.79 Å². The third-order valence-electron chi connectivity index (χ3n) is 9.66. The lowest BCUT2D eigenvalue weighted by Gasteiger charge is -2.44. The van der Waals surface area contributed by atoms with Gasteiger partial charge in [0, 0.05) is 17.4 Å². The topological polar surface area (TPSA) is 72.9 Å². The first-order valence-electron chi connectivity index (χ1n) is 16.4. The van der Waals surface area contributed by atoms with Gasteiger partial charge in [0.2, 0.25) is 5.91 Å². The number of hydrogen-bond acceptors (Lipinski definition) is 6. The second-order valence-corrected chi connectivity index (χ2v) is 16.0. The minimum Gasteiger partial charge on any atom is -0.465 e. The fraction of sp³-hybridized carbons (Fsp3) is 0.649. The van der Waals surface area contributed by atoms with Crippen LogP contribution in [-0.2, 0) is 19.1 Å². The fourth-order valence-corrected chi connectivity index (χ4v) is 8.23. The largest absolute Gasteiger partial charge is 0.465 e. The second-order valence-electron chi connectivity index (χ2n) is 14.6. The number of methoxy groups -OCH3 is 1. The van der Waals surface area contributed by atoms with Crippen molar-refractivity contribution in [2.75, 3.05) is 17.9 Å². The summed E-state index contributed by atoms with van der Waals surface area (Å²) in [5, 5.41) is 0. The molecule has 0 N–H and O–H groups in total. The Kier molecular flexibility index (Phi) is 11.3. The summed E-state index contributed by atoms with van der Waals surface area (Å²) in [5.41, 5.74) is 2.18. The quantitative estimate of drug-likeness (QED) is 0.127. The number of anilines is 1. The van der Waals surface area contributed by atoms with Crippen molar-refractivity contribution in [2.24, 2.45) is 29.1 Å². The third kappa shape index (κ3) is 8.43. The van der Waals surface area contributed by atoms with Crippen molar-refractivity contribution < 1.29 is 23.9 Å². The average molecular weight is 656 g/mol. The van der Waals surface area contributed by atoms with E-state index in [1.54, 1.807) is 0 Å². The summed E-state index contributed by atoms with van der Waals surface area (Å²) in [6.07, 6.45) is 9.70. The van der Waals surface area contributed by atoms with Gasteiger partial charge in [-0.05, 0) is 104 Å². The van der Waals surface area contributed by atoms with E-state index in [1.807, 2.05) is 31.7 Å². The van der Waals surface area contributed by atoms with Crippen LogP contribution in [0.4, 0.5) is 5.69 Å². The van der Waals surface area contributed by atoms with E-state index in [4.69, 9.17) is 21.1 Å². The van der Waals surface area contributed by atoms with Crippen LogP contribution in [0.25, 0.3) is 0 Å². The number of amides is 1. The first-order valence-corrected chi connectivity index (χ1v) is 17.7. The van der Waals surface area contributed by atoms with E-state index in [0.29, 0.717) is 49.1 Å². The summed E-state index contributed by atoms with van der Waals surface area (Å²) in [7, 11) is 1.36. The number of nitrogens with zero attached hydrogens (tertiary/aromatic N) is 1. The molecule has 3 aliphatic rings. The maximum absolute atomic E-state index is 14.6. The molecular weight excluding hydrogens is 606 g/mol. The number of rotatable bonds is 7. The molecule has 0 saturated heterocycles. The number of halogens is 1. The summed E-state index contributed by atoms with van der Waals surface area (Å²) in [6.45, 7) is 14.6. The van der Waals surface area contributed by atoms with Crippen LogP contribution in [0.1, 0.15) is 114 Å². The molecule has 1 aromatic heterocycles. The minimum atomic E-state index is -0.777. The number of allylic oxidation sites excluding steroid dienone is 4. The van der Waals surface area contributed by atoms with Gasteiger partial charge in [-0.3, -0.25) is 9.59 Å². The van der Waals surface area contributed by atoms with Gasteiger partial charge in [0.1, 0.15) is 10.5 Å². The van der Waals surface area contributed by atoms with E-state index in [9.17, 15) is 14.4 Å². The van der Waals surface area contributed by atoms with Crippen molar-refractivity contribution in [2.45, 2.75) is 111 Å².